The summed E-state index contributed by atoms with van der Waals surface area (Å²) in [5, 5.41) is 11.8. The highest BCUT2D eigenvalue weighted by molar-refractivity contribution is 5.95. The summed E-state index contributed by atoms with van der Waals surface area (Å²) in [7, 11) is 0. The Labute approximate surface area is 101 Å². The maximum atomic E-state index is 7.46. The molecule has 4 heteroatoms. The molecule has 0 fully saturated rings. The van der Waals surface area contributed by atoms with Gasteiger partial charge in [-0.05, 0) is 44.0 Å². The first kappa shape index (κ1) is 11.4. The fraction of sp³-hybridized carbons (Fsp3) is 0.231. The maximum absolute atomic E-state index is 7.46. The molecule has 0 unspecified atom stereocenters. The van der Waals surface area contributed by atoms with Gasteiger partial charge >= 0.3 is 0 Å². The lowest BCUT2D eigenvalue weighted by atomic mass is 10.1. The summed E-state index contributed by atoms with van der Waals surface area (Å²) in [4.78, 5) is 0. The Hall–Kier alpha value is -2.10. The molecule has 1 heterocycles. The molecule has 0 radical (unpaired) electrons. The predicted molar refractivity (Wildman–Crippen MR) is 68.8 cm³/mol. The van der Waals surface area contributed by atoms with Crippen LogP contribution in [0, 0.1) is 26.2 Å². The summed E-state index contributed by atoms with van der Waals surface area (Å²) in [6, 6.07) is 6.23. The lowest BCUT2D eigenvalue weighted by Crippen LogP contribution is -2.11. The molecule has 0 spiro atoms. The van der Waals surface area contributed by atoms with Crippen LogP contribution >= 0.6 is 0 Å². The zero-order chi connectivity index (χ0) is 12.6. The third kappa shape index (κ3) is 2.20. The number of hydrogen-bond donors (Lipinski definition) is 2. The SMILES string of the molecule is Cc1cc(C)cc(-n2cc(C(=N)N)c(C)n2)c1. The highest BCUT2D eigenvalue weighted by Gasteiger charge is 2.08. The van der Waals surface area contributed by atoms with Crippen molar-refractivity contribution in [3.05, 3.63) is 46.8 Å². The van der Waals surface area contributed by atoms with Gasteiger partial charge in [-0.3, -0.25) is 5.41 Å². The number of nitrogens with zero attached hydrogens (tertiary/aromatic N) is 2. The summed E-state index contributed by atoms with van der Waals surface area (Å²) in [5.74, 6) is 0.0538. The number of aryl methyl sites for hydroxylation is 3. The number of rotatable bonds is 2. The van der Waals surface area contributed by atoms with Crippen molar-refractivity contribution in [2.75, 3.05) is 0 Å². The van der Waals surface area contributed by atoms with E-state index in [0.717, 1.165) is 11.4 Å². The minimum absolute atomic E-state index is 0.0538. The van der Waals surface area contributed by atoms with E-state index in [0.29, 0.717) is 5.56 Å². The number of hydrogen-bond acceptors (Lipinski definition) is 2. The largest absolute Gasteiger partial charge is 0.384 e. The van der Waals surface area contributed by atoms with Crippen molar-refractivity contribution in [1.29, 1.82) is 5.41 Å². The number of benzene rings is 1. The quantitative estimate of drug-likeness (QED) is 0.610. The van der Waals surface area contributed by atoms with Crippen molar-refractivity contribution in [1.82, 2.24) is 9.78 Å². The van der Waals surface area contributed by atoms with Crippen LogP contribution in [-0.4, -0.2) is 15.6 Å². The Kier molecular flexibility index (Phi) is 2.71. The van der Waals surface area contributed by atoms with Gasteiger partial charge < -0.3 is 5.73 Å². The average Bonchev–Trinajstić information content (AvgIpc) is 2.59. The molecule has 0 aliphatic heterocycles. The second-order valence-corrected chi connectivity index (χ2v) is 4.33. The van der Waals surface area contributed by atoms with Gasteiger partial charge in [0.2, 0.25) is 0 Å². The van der Waals surface area contributed by atoms with E-state index in [1.165, 1.54) is 11.1 Å². The minimum atomic E-state index is 0.0538. The molecule has 17 heavy (non-hydrogen) atoms. The molecule has 0 saturated heterocycles. The molecular weight excluding hydrogens is 212 g/mol. The van der Waals surface area contributed by atoms with E-state index in [9.17, 15) is 0 Å². The van der Waals surface area contributed by atoms with Gasteiger partial charge in [0.05, 0.1) is 16.9 Å². The molecule has 0 amide bonds. The van der Waals surface area contributed by atoms with E-state index in [4.69, 9.17) is 11.1 Å². The van der Waals surface area contributed by atoms with Gasteiger partial charge in [0, 0.05) is 6.20 Å². The monoisotopic (exact) mass is 228 g/mol. The molecule has 0 aliphatic carbocycles. The van der Waals surface area contributed by atoms with E-state index in [-0.39, 0.29) is 5.84 Å². The predicted octanol–water partition coefficient (Wildman–Crippen LogP) is 2.08. The lowest BCUT2D eigenvalue weighted by Gasteiger charge is -2.04. The standard InChI is InChI=1S/C13H16N4/c1-8-4-9(2)6-11(5-8)17-7-12(13(14)15)10(3)16-17/h4-7H,1-3H3,(H3,14,15). The molecule has 0 bridgehead atoms. The molecule has 3 N–H and O–H groups in total. The van der Waals surface area contributed by atoms with Crippen LogP contribution in [0.1, 0.15) is 22.4 Å². The van der Waals surface area contributed by atoms with Gasteiger partial charge in [0.15, 0.2) is 0 Å². The summed E-state index contributed by atoms with van der Waals surface area (Å²) in [6.07, 6.45) is 1.80. The molecule has 1 aromatic carbocycles. The number of amidine groups is 1. The van der Waals surface area contributed by atoms with Crippen molar-refractivity contribution in [2.24, 2.45) is 5.73 Å². The highest BCUT2D eigenvalue weighted by Crippen LogP contribution is 2.15. The van der Waals surface area contributed by atoms with Gasteiger partial charge in [-0.15, -0.1) is 0 Å². The Morgan fingerprint density at radius 1 is 1.18 bits per heavy atom. The van der Waals surface area contributed by atoms with E-state index < -0.39 is 0 Å². The van der Waals surface area contributed by atoms with Crippen molar-refractivity contribution >= 4 is 5.84 Å². The maximum Gasteiger partial charge on any atom is 0.126 e. The Bertz CT molecular complexity index is 561. The number of aromatic nitrogens is 2. The van der Waals surface area contributed by atoms with Gasteiger partial charge in [0.25, 0.3) is 0 Å². The second-order valence-electron chi connectivity index (χ2n) is 4.33. The first-order valence-corrected chi connectivity index (χ1v) is 5.46. The van der Waals surface area contributed by atoms with Crippen LogP contribution < -0.4 is 5.73 Å². The number of nitrogen functional groups attached to an aromatic ring is 1. The zero-order valence-corrected chi connectivity index (χ0v) is 10.3. The van der Waals surface area contributed by atoms with Gasteiger partial charge in [-0.25, -0.2) is 4.68 Å². The molecule has 1 aromatic heterocycles. The second kappa shape index (κ2) is 4.05. The van der Waals surface area contributed by atoms with Crippen LogP contribution in [0.15, 0.2) is 24.4 Å². The molecule has 2 rings (SSSR count). The fourth-order valence-corrected chi connectivity index (χ4v) is 1.94. The van der Waals surface area contributed by atoms with Crippen LogP contribution in [-0.2, 0) is 0 Å². The van der Waals surface area contributed by atoms with E-state index in [1.54, 1.807) is 10.9 Å². The van der Waals surface area contributed by atoms with E-state index in [2.05, 4.69) is 37.1 Å². The first-order chi connectivity index (χ1) is 7.97. The number of nitrogens with one attached hydrogen (secondary N) is 1. The molecular formula is C13H16N4. The van der Waals surface area contributed by atoms with E-state index >= 15 is 0 Å². The molecule has 0 saturated carbocycles. The number of nitrogens with two attached hydrogens (primary N) is 1. The molecule has 0 aliphatic rings. The molecule has 4 nitrogen and oxygen atoms in total. The third-order valence-corrected chi connectivity index (χ3v) is 2.66. The fourth-order valence-electron chi connectivity index (χ4n) is 1.94. The zero-order valence-electron chi connectivity index (χ0n) is 10.3. The summed E-state index contributed by atoms with van der Waals surface area (Å²) in [5.41, 5.74) is 10.3. The minimum Gasteiger partial charge on any atom is -0.384 e. The molecule has 2 aromatic rings. The Morgan fingerprint density at radius 3 is 2.24 bits per heavy atom. The van der Waals surface area contributed by atoms with Gasteiger partial charge in [-0.1, -0.05) is 6.07 Å². The van der Waals surface area contributed by atoms with Crippen molar-refractivity contribution < 1.29 is 0 Å². The summed E-state index contributed by atoms with van der Waals surface area (Å²) >= 11 is 0. The smallest absolute Gasteiger partial charge is 0.126 e. The average molecular weight is 228 g/mol. The van der Waals surface area contributed by atoms with E-state index in [1.807, 2.05) is 6.92 Å². The Balaban J connectivity index is 2.53. The molecule has 0 atom stereocenters. The van der Waals surface area contributed by atoms with Crippen LogP contribution in [0.2, 0.25) is 0 Å². The van der Waals surface area contributed by atoms with Crippen LogP contribution in [0.25, 0.3) is 5.69 Å². The highest BCUT2D eigenvalue weighted by atomic mass is 15.3. The van der Waals surface area contributed by atoms with Crippen LogP contribution in [0.4, 0.5) is 0 Å². The normalized spacial score (nSPS) is 10.5. The Morgan fingerprint density at radius 2 is 1.76 bits per heavy atom. The summed E-state index contributed by atoms with van der Waals surface area (Å²) < 4.78 is 1.77. The van der Waals surface area contributed by atoms with Crippen molar-refractivity contribution in [3.63, 3.8) is 0 Å². The van der Waals surface area contributed by atoms with Gasteiger partial charge in [0.1, 0.15) is 5.84 Å². The van der Waals surface area contributed by atoms with Crippen molar-refractivity contribution in [3.8, 4) is 5.69 Å². The van der Waals surface area contributed by atoms with Crippen molar-refractivity contribution in [2.45, 2.75) is 20.8 Å². The topological polar surface area (TPSA) is 67.7 Å². The summed E-state index contributed by atoms with van der Waals surface area (Å²) in [6.45, 7) is 5.97. The molecule has 88 valence electrons. The third-order valence-electron chi connectivity index (χ3n) is 2.66. The van der Waals surface area contributed by atoms with Gasteiger partial charge in [-0.2, -0.15) is 5.10 Å². The first-order valence-electron chi connectivity index (χ1n) is 5.46. The van der Waals surface area contributed by atoms with Crippen LogP contribution in [0.3, 0.4) is 0 Å². The lowest BCUT2D eigenvalue weighted by molar-refractivity contribution is 0.860. The van der Waals surface area contributed by atoms with Crippen LogP contribution in [0.5, 0.6) is 0 Å².